The number of hydrogen-bond donors (Lipinski definition) is 1. The number of aromatic nitrogens is 3. The van der Waals surface area contributed by atoms with E-state index in [2.05, 4.69) is 15.4 Å². The minimum absolute atomic E-state index is 0.00243. The zero-order valence-corrected chi connectivity index (χ0v) is 14.8. The van der Waals surface area contributed by atoms with E-state index in [4.69, 9.17) is 14.7 Å². The van der Waals surface area contributed by atoms with Crippen molar-refractivity contribution in [2.75, 3.05) is 13.2 Å². The van der Waals surface area contributed by atoms with E-state index in [1.807, 2.05) is 38.1 Å². The summed E-state index contributed by atoms with van der Waals surface area (Å²) in [6.07, 6.45) is 2.22. The second kappa shape index (κ2) is 7.87. The summed E-state index contributed by atoms with van der Waals surface area (Å²) < 4.78 is 12.7. The van der Waals surface area contributed by atoms with E-state index in [9.17, 15) is 4.79 Å². The average Bonchev–Trinajstić information content (AvgIpc) is 2.94. The smallest absolute Gasteiger partial charge is 0.252 e. The predicted octanol–water partition coefficient (Wildman–Crippen LogP) is 1.82. The van der Waals surface area contributed by atoms with Crippen LogP contribution in [0.15, 0.2) is 24.5 Å². The Hall–Kier alpha value is -3.08. The second-order valence-corrected chi connectivity index (χ2v) is 6.42. The minimum Gasteiger partial charge on any atom is -0.490 e. The van der Waals surface area contributed by atoms with Gasteiger partial charge in [-0.2, -0.15) is 5.26 Å². The Bertz CT molecular complexity index is 824. The summed E-state index contributed by atoms with van der Waals surface area (Å²) in [5.74, 6) is 1.45. The molecule has 1 N–H and O–H groups in total. The van der Waals surface area contributed by atoms with Crippen molar-refractivity contribution in [1.82, 2.24) is 20.1 Å². The maximum atomic E-state index is 12.4. The number of nitriles is 1. The minimum atomic E-state index is -0.204. The summed E-state index contributed by atoms with van der Waals surface area (Å²) in [7, 11) is 0. The molecule has 26 heavy (non-hydrogen) atoms. The topological polar surface area (TPSA) is 102 Å². The van der Waals surface area contributed by atoms with Gasteiger partial charge in [-0.25, -0.2) is 9.67 Å². The SMILES string of the molecule is CC(C)C(NC(=O)Cn1cnc(C#N)n1)c1ccc2c(c1)OCCCO2. The van der Waals surface area contributed by atoms with E-state index in [0.717, 1.165) is 17.7 Å². The van der Waals surface area contributed by atoms with Gasteiger partial charge in [0.1, 0.15) is 18.9 Å². The molecule has 1 aliphatic heterocycles. The van der Waals surface area contributed by atoms with E-state index in [1.165, 1.54) is 11.0 Å². The molecule has 0 saturated carbocycles. The molecule has 1 aromatic carbocycles. The van der Waals surface area contributed by atoms with E-state index >= 15 is 0 Å². The Morgan fingerprint density at radius 1 is 1.35 bits per heavy atom. The summed E-state index contributed by atoms with van der Waals surface area (Å²) >= 11 is 0. The van der Waals surface area contributed by atoms with Crippen molar-refractivity contribution in [3.63, 3.8) is 0 Å². The second-order valence-electron chi connectivity index (χ2n) is 6.42. The van der Waals surface area contributed by atoms with E-state index in [-0.39, 0.29) is 30.2 Å². The average molecular weight is 355 g/mol. The fourth-order valence-electron chi connectivity index (χ4n) is 2.80. The van der Waals surface area contributed by atoms with Crippen LogP contribution in [0.1, 0.15) is 37.7 Å². The molecule has 3 rings (SSSR count). The summed E-state index contributed by atoms with van der Waals surface area (Å²) in [5, 5.41) is 15.7. The van der Waals surface area contributed by atoms with Gasteiger partial charge in [-0.05, 0) is 23.6 Å². The number of hydrogen-bond acceptors (Lipinski definition) is 6. The molecule has 0 radical (unpaired) electrons. The van der Waals surface area contributed by atoms with Crippen molar-refractivity contribution in [1.29, 1.82) is 5.26 Å². The highest BCUT2D eigenvalue weighted by Crippen LogP contribution is 2.34. The van der Waals surface area contributed by atoms with Crippen LogP contribution < -0.4 is 14.8 Å². The lowest BCUT2D eigenvalue weighted by Gasteiger charge is -2.24. The van der Waals surface area contributed by atoms with Crippen LogP contribution in [0.25, 0.3) is 0 Å². The molecule has 0 fully saturated rings. The van der Waals surface area contributed by atoms with Crippen molar-refractivity contribution < 1.29 is 14.3 Å². The first kappa shape index (κ1) is 17.7. The molecule has 1 aliphatic rings. The number of nitrogens with one attached hydrogen (secondary N) is 1. The van der Waals surface area contributed by atoms with Gasteiger partial charge < -0.3 is 14.8 Å². The maximum Gasteiger partial charge on any atom is 0.252 e. The molecule has 136 valence electrons. The Kier molecular flexibility index (Phi) is 5.37. The van der Waals surface area contributed by atoms with Crippen LogP contribution in [0.5, 0.6) is 11.5 Å². The Morgan fingerprint density at radius 3 is 2.81 bits per heavy atom. The quantitative estimate of drug-likeness (QED) is 0.878. The third-order valence-electron chi connectivity index (χ3n) is 4.06. The molecule has 1 aromatic heterocycles. The van der Waals surface area contributed by atoms with Crippen LogP contribution in [-0.2, 0) is 11.3 Å². The van der Waals surface area contributed by atoms with Crippen LogP contribution in [0.3, 0.4) is 0 Å². The van der Waals surface area contributed by atoms with Crippen molar-refractivity contribution in [2.45, 2.75) is 32.9 Å². The number of rotatable bonds is 5. The van der Waals surface area contributed by atoms with Crippen molar-refractivity contribution in [3.05, 3.63) is 35.9 Å². The largest absolute Gasteiger partial charge is 0.490 e. The van der Waals surface area contributed by atoms with E-state index in [1.54, 1.807) is 0 Å². The highest BCUT2D eigenvalue weighted by molar-refractivity contribution is 5.76. The fraction of sp³-hybridized carbons (Fsp3) is 0.444. The van der Waals surface area contributed by atoms with Gasteiger partial charge in [0.15, 0.2) is 11.5 Å². The van der Waals surface area contributed by atoms with Crippen LogP contribution in [-0.4, -0.2) is 33.9 Å². The molecule has 0 aliphatic carbocycles. The van der Waals surface area contributed by atoms with Crippen molar-refractivity contribution in [3.8, 4) is 17.6 Å². The van der Waals surface area contributed by atoms with Crippen LogP contribution >= 0.6 is 0 Å². The Balaban J connectivity index is 1.73. The molecule has 0 saturated heterocycles. The number of benzene rings is 1. The molecule has 2 aromatic rings. The first-order valence-electron chi connectivity index (χ1n) is 8.55. The van der Waals surface area contributed by atoms with Gasteiger partial charge in [0, 0.05) is 6.42 Å². The zero-order valence-electron chi connectivity index (χ0n) is 14.8. The Morgan fingerprint density at radius 2 is 2.12 bits per heavy atom. The van der Waals surface area contributed by atoms with E-state index < -0.39 is 0 Å². The summed E-state index contributed by atoms with van der Waals surface area (Å²) in [5.41, 5.74) is 0.953. The van der Waals surface area contributed by atoms with Gasteiger partial charge in [-0.1, -0.05) is 19.9 Å². The highest BCUT2D eigenvalue weighted by atomic mass is 16.5. The van der Waals surface area contributed by atoms with Gasteiger partial charge in [0.05, 0.1) is 19.3 Å². The molecule has 8 nitrogen and oxygen atoms in total. The van der Waals surface area contributed by atoms with Gasteiger partial charge in [0.25, 0.3) is 5.82 Å². The zero-order chi connectivity index (χ0) is 18.5. The summed E-state index contributed by atoms with van der Waals surface area (Å²) in [4.78, 5) is 16.2. The number of amides is 1. The summed E-state index contributed by atoms with van der Waals surface area (Å²) in [6, 6.07) is 7.41. The Labute approximate surface area is 151 Å². The van der Waals surface area contributed by atoms with Gasteiger partial charge in [0.2, 0.25) is 5.91 Å². The molecule has 8 heteroatoms. The van der Waals surface area contributed by atoms with Gasteiger partial charge in [-0.15, -0.1) is 5.10 Å². The lowest BCUT2D eigenvalue weighted by molar-refractivity contribution is -0.122. The van der Waals surface area contributed by atoms with Crippen molar-refractivity contribution in [2.24, 2.45) is 5.92 Å². The monoisotopic (exact) mass is 355 g/mol. The standard InChI is InChI=1S/C18H21N5O3/c1-12(2)18(21-17(24)10-23-11-20-16(9-19)22-23)13-4-5-14-15(8-13)26-7-3-6-25-14/h4-5,8,11-12,18H,3,6-7,10H2,1-2H3,(H,21,24). The molecule has 0 spiro atoms. The number of carbonyl (C=O) groups excluding carboxylic acids is 1. The molecule has 1 amide bonds. The fourth-order valence-corrected chi connectivity index (χ4v) is 2.80. The van der Waals surface area contributed by atoms with Gasteiger partial charge >= 0.3 is 0 Å². The molecule has 1 atom stereocenters. The number of nitrogens with zero attached hydrogens (tertiary/aromatic N) is 4. The first-order chi connectivity index (χ1) is 12.6. The van der Waals surface area contributed by atoms with Crippen molar-refractivity contribution >= 4 is 5.91 Å². The molecule has 2 heterocycles. The molecule has 0 bridgehead atoms. The maximum absolute atomic E-state index is 12.4. The number of carbonyl (C=O) groups is 1. The third kappa shape index (κ3) is 4.11. The molecular weight excluding hydrogens is 334 g/mol. The van der Waals surface area contributed by atoms with Crippen LogP contribution in [0, 0.1) is 17.2 Å². The molecule has 1 unspecified atom stereocenters. The van der Waals surface area contributed by atoms with Crippen LogP contribution in [0.2, 0.25) is 0 Å². The van der Waals surface area contributed by atoms with Gasteiger partial charge in [-0.3, -0.25) is 4.79 Å². The normalized spacial score (nSPS) is 14.4. The highest BCUT2D eigenvalue weighted by Gasteiger charge is 2.21. The lowest BCUT2D eigenvalue weighted by Crippen LogP contribution is -2.34. The number of ether oxygens (including phenoxy) is 2. The summed E-state index contributed by atoms with van der Waals surface area (Å²) in [6.45, 7) is 5.33. The van der Waals surface area contributed by atoms with E-state index in [0.29, 0.717) is 19.0 Å². The van der Waals surface area contributed by atoms with Crippen LogP contribution in [0.4, 0.5) is 0 Å². The lowest BCUT2D eigenvalue weighted by atomic mass is 9.95. The number of fused-ring (bicyclic) bond motifs is 1. The third-order valence-corrected chi connectivity index (χ3v) is 4.06. The first-order valence-corrected chi connectivity index (χ1v) is 8.55. The predicted molar refractivity (Wildman–Crippen MR) is 92.5 cm³/mol. The molecular formula is C18H21N5O3.